The molecule has 0 saturated heterocycles. The molecule has 2 amide bonds. The predicted octanol–water partition coefficient (Wildman–Crippen LogP) is 3.62. The number of halogens is 7. The van der Waals surface area contributed by atoms with Crippen LogP contribution in [-0.4, -0.2) is 59.2 Å². The molecule has 2 N–H and O–H groups in total. The van der Waals surface area contributed by atoms with Gasteiger partial charge in [0.15, 0.2) is 18.0 Å². The van der Waals surface area contributed by atoms with Crippen LogP contribution in [0.1, 0.15) is 50.5 Å². The highest BCUT2D eigenvalue weighted by molar-refractivity contribution is 7.91. The van der Waals surface area contributed by atoms with Gasteiger partial charge in [-0.1, -0.05) is 6.07 Å². The number of hydrogen-bond acceptors (Lipinski definition) is 7. The van der Waals surface area contributed by atoms with Crippen molar-refractivity contribution in [1.29, 1.82) is 0 Å². The first-order valence-corrected chi connectivity index (χ1v) is 14.0. The van der Waals surface area contributed by atoms with Crippen LogP contribution in [0.15, 0.2) is 36.5 Å². The Bertz CT molecular complexity index is 1720. The van der Waals surface area contributed by atoms with Crippen molar-refractivity contribution in [3.63, 3.8) is 0 Å². The Morgan fingerprint density at radius 2 is 1.86 bits per heavy atom. The number of aryl methyl sites for hydroxylation is 1. The minimum Gasteiger partial charge on any atom is -0.484 e. The van der Waals surface area contributed by atoms with Crippen molar-refractivity contribution in [2.24, 2.45) is 0 Å². The third kappa shape index (κ3) is 5.74. The summed E-state index contributed by atoms with van der Waals surface area (Å²) in [5, 5.41) is 4.85. The number of nitrogens with zero attached hydrogens (tertiary/aromatic N) is 3. The van der Waals surface area contributed by atoms with Crippen molar-refractivity contribution in [2.45, 2.75) is 49.3 Å². The van der Waals surface area contributed by atoms with Crippen LogP contribution < -0.4 is 14.8 Å². The number of sulfonamides is 1. The third-order valence-electron chi connectivity index (χ3n) is 6.76. The van der Waals surface area contributed by atoms with Crippen molar-refractivity contribution in [1.82, 2.24) is 24.8 Å². The molecule has 43 heavy (non-hydrogen) atoms. The molecule has 0 spiro atoms. The van der Waals surface area contributed by atoms with Crippen LogP contribution in [-0.2, 0) is 22.0 Å². The summed E-state index contributed by atoms with van der Waals surface area (Å²) >= 11 is 0. The second-order valence-electron chi connectivity index (χ2n) is 10.0. The average molecular weight is 636 g/mol. The molecule has 0 radical (unpaired) electrons. The molecular formula is C25H20F7N5O5S. The number of amides is 2. The van der Waals surface area contributed by atoms with E-state index in [2.05, 4.69) is 14.8 Å². The molecule has 3 heterocycles. The molecule has 1 aliphatic heterocycles. The van der Waals surface area contributed by atoms with E-state index in [4.69, 9.17) is 0 Å². The van der Waals surface area contributed by atoms with Crippen molar-refractivity contribution in [3.05, 3.63) is 70.4 Å². The molecule has 230 valence electrons. The fraction of sp³-hybridized carbons (Fsp3) is 0.360. The molecular weight excluding hydrogens is 615 g/mol. The molecule has 18 heteroatoms. The van der Waals surface area contributed by atoms with E-state index in [0.717, 1.165) is 4.68 Å². The maximum atomic E-state index is 15.1. The fourth-order valence-corrected chi connectivity index (χ4v) is 5.84. The summed E-state index contributed by atoms with van der Waals surface area (Å²) in [5.41, 5.74) is -6.07. The molecule has 1 fully saturated rings. The number of pyridine rings is 1. The summed E-state index contributed by atoms with van der Waals surface area (Å²) < 4.78 is 129. The lowest BCUT2D eigenvalue weighted by atomic mass is 9.80. The van der Waals surface area contributed by atoms with Gasteiger partial charge in [0.1, 0.15) is 17.3 Å². The number of benzene rings is 1. The zero-order chi connectivity index (χ0) is 31.5. The van der Waals surface area contributed by atoms with E-state index in [0.29, 0.717) is 23.8 Å². The zero-order valence-electron chi connectivity index (χ0n) is 21.8. The predicted molar refractivity (Wildman–Crippen MR) is 132 cm³/mol. The lowest BCUT2D eigenvalue weighted by molar-refractivity contribution is -0.199. The number of alkyl halides is 6. The van der Waals surface area contributed by atoms with E-state index in [1.807, 2.05) is 4.72 Å². The van der Waals surface area contributed by atoms with Crippen molar-refractivity contribution in [2.75, 3.05) is 6.61 Å². The molecule has 1 aliphatic carbocycles. The van der Waals surface area contributed by atoms with Crippen molar-refractivity contribution >= 4 is 21.8 Å². The quantitative estimate of drug-likeness (QED) is 0.379. The van der Waals surface area contributed by atoms with Gasteiger partial charge in [0, 0.05) is 24.2 Å². The highest BCUT2D eigenvalue weighted by Gasteiger charge is 2.61. The SMILES string of the molecule is Cc1ccc(-n2nc3c(c2C(=O)NS(=O)(=O)C2CC2)C(=O)N[C@@](c2ccc(OCC(F)(F)F)cc2F)(C(F)(F)F)C3)nc1. The summed E-state index contributed by atoms with van der Waals surface area (Å²) in [6.07, 6.45) is -9.59. The second-order valence-corrected chi connectivity index (χ2v) is 12.0. The minimum atomic E-state index is -5.40. The first-order chi connectivity index (χ1) is 19.9. The number of hydrogen-bond donors (Lipinski definition) is 2. The number of fused-ring (bicyclic) bond motifs is 1. The van der Waals surface area contributed by atoms with E-state index in [1.165, 1.54) is 18.3 Å². The Morgan fingerprint density at radius 3 is 2.42 bits per heavy atom. The van der Waals surface area contributed by atoms with Gasteiger partial charge in [-0.15, -0.1) is 0 Å². The van der Waals surface area contributed by atoms with Crippen LogP contribution in [0.25, 0.3) is 5.82 Å². The van der Waals surface area contributed by atoms with Crippen LogP contribution in [0.5, 0.6) is 5.75 Å². The molecule has 0 bridgehead atoms. The first kappa shape index (κ1) is 30.2. The molecule has 2 aromatic heterocycles. The summed E-state index contributed by atoms with van der Waals surface area (Å²) in [6, 6.07) is 4.36. The molecule has 3 aromatic rings. The summed E-state index contributed by atoms with van der Waals surface area (Å²) in [6.45, 7) is -0.165. The molecule has 1 aromatic carbocycles. The van der Waals surface area contributed by atoms with E-state index in [-0.39, 0.29) is 18.7 Å². The van der Waals surface area contributed by atoms with E-state index < -0.39 is 92.1 Å². The van der Waals surface area contributed by atoms with Crippen LogP contribution in [0, 0.1) is 12.7 Å². The summed E-state index contributed by atoms with van der Waals surface area (Å²) in [7, 11) is -4.18. The van der Waals surface area contributed by atoms with Gasteiger partial charge in [0.2, 0.25) is 10.0 Å². The second kappa shape index (κ2) is 10.2. The minimum absolute atomic E-state index is 0.142. The molecule has 2 aliphatic rings. The van der Waals surface area contributed by atoms with Crippen LogP contribution in [0.2, 0.25) is 0 Å². The number of carbonyl (C=O) groups is 2. The Morgan fingerprint density at radius 1 is 1.16 bits per heavy atom. The van der Waals surface area contributed by atoms with Gasteiger partial charge in [0.05, 0.1) is 16.5 Å². The standard InChI is InChI=1S/C25H20F7N5O5S/c1-12-2-7-18(33-10-12)37-20(22(39)36-43(40,41)14-4-5-14)19-17(35-37)9-23(25(30,31)32,34-21(19)38)15-6-3-13(8-16(15)26)42-11-24(27,28)29/h2-3,6-8,10,14H,4-5,9,11H2,1H3,(H,34,38)(H,36,39)/t23-/m0/s1. The van der Waals surface area contributed by atoms with Gasteiger partial charge in [-0.3, -0.25) is 9.59 Å². The maximum Gasteiger partial charge on any atom is 0.422 e. The third-order valence-corrected chi connectivity index (χ3v) is 8.58. The smallest absolute Gasteiger partial charge is 0.422 e. The highest BCUT2D eigenvalue weighted by Crippen LogP contribution is 2.46. The number of ether oxygens (including phenoxy) is 1. The normalized spacial score (nSPS) is 19.0. The highest BCUT2D eigenvalue weighted by atomic mass is 32.2. The lowest BCUT2D eigenvalue weighted by Gasteiger charge is -2.39. The zero-order valence-corrected chi connectivity index (χ0v) is 22.6. The number of aromatic nitrogens is 3. The average Bonchev–Trinajstić information content (AvgIpc) is 3.68. The Hall–Kier alpha value is -4.22. The van der Waals surface area contributed by atoms with E-state index in [9.17, 15) is 44.3 Å². The lowest BCUT2D eigenvalue weighted by Crippen LogP contribution is -2.60. The van der Waals surface area contributed by atoms with Gasteiger partial charge in [-0.05, 0) is 43.5 Å². The molecule has 1 atom stereocenters. The largest absolute Gasteiger partial charge is 0.484 e. The Balaban J connectivity index is 1.62. The molecule has 0 unspecified atom stereocenters. The molecule has 1 saturated carbocycles. The number of rotatable bonds is 7. The number of carbonyl (C=O) groups excluding carboxylic acids is 2. The fourth-order valence-electron chi connectivity index (χ4n) is 4.56. The number of nitrogens with one attached hydrogen (secondary N) is 2. The van der Waals surface area contributed by atoms with Crippen molar-refractivity contribution < 1.29 is 53.5 Å². The monoisotopic (exact) mass is 635 g/mol. The maximum absolute atomic E-state index is 15.1. The topological polar surface area (TPSA) is 132 Å². The molecule has 5 rings (SSSR count). The first-order valence-electron chi connectivity index (χ1n) is 12.4. The van der Waals surface area contributed by atoms with Crippen molar-refractivity contribution in [3.8, 4) is 11.6 Å². The van der Waals surface area contributed by atoms with Gasteiger partial charge < -0.3 is 10.1 Å². The van der Waals surface area contributed by atoms with Gasteiger partial charge in [0.25, 0.3) is 11.8 Å². The van der Waals surface area contributed by atoms with Gasteiger partial charge in [-0.25, -0.2) is 27.2 Å². The van der Waals surface area contributed by atoms with E-state index >= 15 is 4.39 Å². The summed E-state index contributed by atoms with van der Waals surface area (Å²) in [4.78, 5) is 30.7. The summed E-state index contributed by atoms with van der Waals surface area (Å²) in [5.74, 6) is -5.40. The van der Waals surface area contributed by atoms with E-state index in [1.54, 1.807) is 12.2 Å². The molecule has 10 nitrogen and oxygen atoms in total. The van der Waals surface area contributed by atoms with Crippen LogP contribution >= 0.6 is 0 Å². The van der Waals surface area contributed by atoms with Gasteiger partial charge >= 0.3 is 12.4 Å². The Kier molecular flexibility index (Phi) is 7.18. The Labute approximate surface area is 238 Å². The van der Waals surface area contributed by atoms with Crippen LogP contribution in [0.4, 0.5) is 30.7 Å². The van der Waals surface area contributed by atoms with Crippen LogP contribution in [0.3, 0.4) is 0 Å². The van der Waals surface area contributed by atoms with Gasteiger partial charge in [-0.2, -0.15) is 31.4 Å².